The zero-order chi connectivity index (χ0) is 12.4. The Labute approximate surface area is 106 Å². The van der Waals surface area contributed by atoms with Crippen molar-refractivity contribution in [3.63, 3.8) is 0 Å². The third-order valence-corrected chi connectivity index (χ3v) is 2.98. The van der Waals surface area contributed by atoms with Gasteiger partial charge in [0.1, 0.15) is 6.61 Å². The molecule has 1 amide bonds. The first-order chi connectivity index (χ1) is 8.11. The van der Waals surface area contributed by atoms with Crippen LogP contribution in [0.5, 0.6) is 11.5 Å². The van der Waals surface area contributed by atoms with E-state index in [2.05, 4.69) is 21.2 Å². The lowest BCUT2D eigenvalue weighted by Crippen LogP contribution is -2.26. The molecule has 5 nitrogen and oxygen atoms in total. The van der Waals surface area contributed by atoms with Crippen molar-refractivity contribution in [3.05, 3.63) is 27.9 Å². The normalized spacial score (nSPS) is 13.2. The van der Waals surface area contributed by atoms with Crippen LogP contribution in [-0.4, -0.2) is 24.9 Å². The average molecular weight is 300 g/mol. The van der Waals surface area contributed by atoms with Gasteiger partial charge in [0.15, 0.2) is 11.5 Å². The van der Waals surface area contributed by atoms with E-state index in [1.807, 2.05) is 6.07 Å². The number of methoxy groups -OCH3 is 1. The van der Waals surface area contributed by atoms with E-state index in [1.54, 1.807) is 19.3 Å². The number of fused-ring (bicyclic) bond motifs is 1. The van der Waals surface area contributed by atoms with Crippen LogP contribution in [0.4, 0.5) is 4.79 Å². The highest BCUT2D eigenvalue weighted by Crippen LogP contribution is 2.39. The first-order valence-electron chi connectivity index (χ1n) is 4.81. The molecule has 0 aliphatic carbocycles. The zero-order valence-electron chi connectivity index (χ0n) is 8.99. The summed E-state index contributed by atoms with van der Waals surface area (Å²) < 4.78 is 11.5. The Morgan fingerprint density at radius 3 is 3.00 bits per heavy atom. The number of ether oxygens (including phenoxy) is 2. The second kappa shape index (κ2) is 4.67. The third-order valence-electron chi connectivity index (χ3n) is 2.28. The first kappa shape index (κ1) is 11.8. The van der Waals surface area contributed by atoms with Crippen LogP contribution in [0.25, 0.3) is 6.08 Å². The fraction of sp³-hybridized carbons (Fsp3) is 0.182. The highest BCUT2D eigenvalue weighted by atomic mass is 79.9. The van der Waals surface area contributed by atoms with Crippen LogP contribution < -0.4 is 14.8 Å². The lowest BCUT2D eigenvalue weighted by Gasteiger charge is -2.20. The molecular weight excluding hydrogens is 290 g/mol. The van der Waals surface area contributed by atoms with Gasteiger partial charge in [-0.3, -0.25) is 5.32 Å². The maximum absolute atomic E-state index is 10.5. The molecule has 0 fully saturated rings. The number of halogens is 1. The second-order valence-corrected chi connectivity index (χ2v) is 4.24. The fourth-order valence-corrected chi connectivity index (χ4v) is 2.00. The van der Waals surface area contributed by atoms with Crippen LogP contribution in [0, 0.1) is 0 Å². The van der Waals surface area contributed by atoms with E-state index in [4.69, 9.17) is 14.6 Å². The Morgan fingerprint density at radius 2 is 2.35 bits per heavy atom. The summed E-state index contributed by atoms with van der Waals surface area (Å²) in [7, 11) is 1.56. The lowest BCUT2D eigenvalue weighted by molar-refractivity contribution is 0.195. The maximum atomic E-state index is 10.5. The third kappa shape index (κ3) is 2.36. The van der Waals surface area contributed by atoms with Crippen LogP contribution >= 0.6 is 15.9 Å². The number of amides is 1. The Hall–Kier alpha value is -1.69. The van der Waals surface area contributed by atoms with Crippen LogP contribution in [0.1, 0.15) is 5.56 Å². The molecule has 2 rings (SSSR count). The molecule has 0 spiro atoms. The van der Waals surface area contributed by atoms with E-state index < -0.39 is 6.09 Å². The van der Waals surface area contributed by atoms with E-state index in [0.717, 1.165) is 10.0 Å². The number of carbonyl (C=O) groups is 1. The predicted octanol–water partition coefficient (Wildman–Crippen LogP) is 2.46. The van der Waals surface area contributed by atoms with Gasteiger partial charge in [0.2, 0.25) is 0 Å². The standard InChI is InChI=1S/C11H10BrNO4/c1-16-9-3-2-8(12)7-4-6(13-11(14)15)5-17-10(7)9/h2-4,13H,5H2,1H3,(H,14,15). The number of hydrogen-bond donors (Lipinski definition) is 2. The van der Waals surface area contributed by atoms with Gasteiger partial charge < -0.3 is 14.6 Å². The Balaban J connectivity index is 2.43. The number of benzene rings is 1. The van der Waals surface area contributed by atoms with Crippen molar-refractivity contribution in [1.82, 2.24) is 5.32 Å². The number of nitrogens with one attached hydrogen (secondary N) is 1. The van der Waals surface area contributed by atoms with Crippen LogP contribution in [0.2, 0.25) is 0 Å². The van der Waals surface area contributed by atoms with Crippen molar-refractivity contribution >= 4 is 28.1 Å². The summed E-state index contributed by atoms with van der Waals surface area (Å²) in [4.78, 5) is 10.5. The number of hydrogen-bond acceptors (Lipinski definition) is 3. The Morgan fingerprint density at radius 1 is 1.59 bits per heavy atom. The van der Waals surface area contributed by atoms with Gasteiger partial charge in [-0.25, -0.2) is 4.79 Å². The van der Waals surface area contributed by atoms with E-state index in [9.17, 15) is 4.79 Å². The fourth-order valence-electron chi connectivity index (χ4n) is 1.57. The van der Waals surface area contributed by atoms with Gasteiger partial charge in [-0.2, -0.15) is 0 Å². The molecule has 1 aliphatic heterocycles. The van der Waals surface area contributed by atoms with Crippen molar-refractivity contribution < 1.29 is 19.4 Å². The second-order valence-electron chi connectivity index (χ2n) is 3.38. The molecule has 90 valence electrons. The topological polar surface area (TPSA) is 67.8 Å². The minimum absolute atomic E-state index is 0.173. The molecule has 0 saturated carbocycles. The molecule has 2 N–H and O–H groups in total. The van der Waals surface area contributed by atoms with Crippen molar-refractivity contribution in [2.24, 2.45) is 0 Å². The predicted molar refractivity (Wildman–Crippen MR) is 65.3 cm³/mol. The molecule has 0 aromatic heterocycles. The first-order valence-corrected chi connectivity index (χ1v) is 5.61. The van der Waals surface area contributed by atoms with Gasteiger partial charge in [-0.05, 0) is 18.2 Å². The monoisotopic (exact) mass is 299 g/mol. The van der Waals surface area contributed by atoms with Crippen LogP contribution in [-0.2, 0) is 0 Å². The summed E-state index contributed by atoms with van der Waals surface area (Å²) in [5.41, 5.74) is 1.25. The lowest BCUT2D eigenvalue weighted by atomic mass is 10.1. The molecule has 6 heteroatoms. The number of carboxylic acid groups (broad SMARTS) is 1. The zero-order valence-corrected chi connectivity index (χ0v) is 10.6. The van der Waals surface area contributed by atoms with E-state index in [-0.39, 0.29) is 6.61 Å². The molecular formula is C11H10BrNO4. The quantitative estimate of drug-likeness (QED) is 0.880. The van der Waals surface area contributed by atoms with Crippen molar-refractivity contribution in [2.75, 3.05) is 13.7 Å². The maximum Gasteiger partial charge on any atom is 0.409 e. The summed E-state index contributed by atoms with van der Waals surface area (Å²) in [6.45, 7) is 0.173. The summed E-state index contributed by atoms with van der Waals surface area (Å²) in [6, 6.07) is 3.60. The molecule has 0 saturated heterocycles. The molecule has 1 aromatic rings. The van der Waals surface area contributed by atoms with Crippen molar-refractivity contribution in [1.29, 1.82) is 0 Å². The SMILES string of the molecule is COc1ccc(Br)c2c1OCC(NC(=O)O)=C2. The van der Waals surface area contributed by atoms with Gasteiger partial charge >= 0.3 is 6.09 Å². The van der Waals surface area contributed by atoms with Crippen LogP contribution in [0.3, 0.4) is 0 Å². The molecule has 1 heterocycles. The molecule has 17 heavy (non-hydrogen) atoms. The van der Waals surface area contributed by atoms with Gasteiger partial charge in [-0.1, -0.05) is 15.9 Å². The summed E-state index contributed by atoms with van der Waals surface area (Å²) in [5.74, 6) is 1.23. The van der Waals surface area contributed by atoms with E-state index in [1.165, 1.54) is 0 Å². The highest BCUT2D eigenvalue weighted by molar-refractivity contribution is 9.10. The van der Waals surface area contributed by atoms with Crippen LogP contribution in [0.15, 0.2) is 22.3 Å². The minimum atomic E-state index is -1.11. The summed E-state index contributed by atoms with van der Waals surface area (Å²) >= 11 is 3.38. The van der Waals surface area contributed by atoms with Gasteiger partial charge in [0, 0.05) is 10.0 Å². The highest BCUT2D eigenvalue weighted by Gasteiger charge is 2.19. The molecule has 1 aliphatic rings. The van der Waals surface area contributed by atoms with Gasteiger partial charge in [-0.15, -0.1) is 0 Å². The minimum Gasteiger partial charge on any atom is -0.493 e. The summed E-state index contributed by atoms with van der Waals surface area (Å²) in [6.07, 6.45) is 0.613. The van der Waals surface area contributed by atoms with Crippen molar-refractivity contribution in [3.8, 4) is 11.5 Å². The molecule has 0 unspecified atom stereocenters. The molecule has 0 atom stereocenters. The molecule has 0 bridgehead atoms. The summed E-state index contributed by atoms with van der Waals surface area (Å²) in [5, 5.41) is 10.9. The van der Waals surface area contributed by atoms with E-state index in [0.29, 0.717) is 17.2 Å². The van der Waals surface area contributed by atoms with Gasteiger partial charge in [0.25, 0.3) is 0 Å². The molecule has 0 radical (unpaired) electrons. The average Bonchev–Trinajstić information content (AvgIpc) is 2.29. The Bertz CT molecular complexity index is 498. The largest absolute Gasteiger partial charge is 0.493 e. The molecule has 1 aromatic carbocycles. The number of rotatable bonds is 2. The Kier molecular flexibility index (Phi) is 3.23. The van der Waals surface area contributed by atoms with Crippen molar-refractivity contribution in [2.45, 2.75) is 0 Å². The van der Waals surface area contributed by atoms with Gasteiger partial charge in [0.05, 0.1) is 12.8 Å². The smallest absolute Gasteiger partial charge is 0.409 e. The van der Waals surface area contributed by atoms with E-state index >= 15 is 0 Å².